The van der Waals surface area contributed by atoms with Gasteiger partial charge in [0.2, 0.25) is 5.91 Å². The largest absolute Gasteiger partial charge is 0.336 e. The van der Waals surface area contributed by atoms with E-state index in [0.29, 0.717) is 0 Å². The zero-order chi connectivity index (χ0) is 16.4. The molecular weight excluding hydrogens is 337 g/mol. The summed E-state index contributed by atoms with van der Waals surface area (Å²) >= 11 is 1.52. The fourth-order valence-electron chi connectivity index (χ4n) is 2.28. The molecule has 0 atom stereocenters. The van der Waals surface area contributed by atoms with E-state index < -0.39 is 20.9 Å². The molecule has 4 nitrogen and oxygen atoms in total. The van der Waals surface area contributed by atoms with Crippen molar-refractivity contribution in [1.29, 1.82) is 0 Å². The maximum atomic E-state index is 12.9. The molecule has 0 radical (unpaired) electrons. The molecule has 0 bridgehead atoms. The Balaban J connectivity index is 1.62. The Morgan fingerprint density at radius 3 is 2.52 bits per heavy atom. The van der Waals surface area contributed by atoms with Gasteiger partial charge in [0.1, 0.15) is 11.1 Å². The van der Waals surface area contributed by atoms with Gasteiger partial charge in [-0.3, -0.25) is 4.79 Å². The quantitative estimate of drug-likeness (QED) is 0.628. The molecule has 23 heavy (non-hydrogen) atoms. The number of benzene rings is 1. The van der Waals surface area contributed by atoms with E-state index in [-0.39, 0.29) is 23.9 Å². The molecule has 3 rings (SSSR count). The lowest BCUT2D eigenvalue weighted by atomic mass is 10.2. The number of nitrogens with zero attached hydrogens (tertiary/aromatic N) is 1. The van der Waals surface area contributed by atoms with Gasteiger partial charge in [-0.15, -0.1) is 11.3 Å². The second-order valence-electron chi connectivity index (χ2n) is 5.21. The number of thiophene rings is 1. The number of hydrogen-bond acceptors (Lipinski definition) is 4. The third-order valence-corrected chi connectivity index (χ3v) is 6.62. The first kappa shape index (κ1) is 15.9. The van der Waals surface area contributed by atoms with Crippen LogP contribution in [0.4, 0.5) is 4.39 Å². The zero-order valence-electron chi connectivity index (χ0n) is 12.1. The van der Waals surface area contributed by atoms with E-state index in [1.54, 1.807) is 6.08 Å². The van der Waals surface area contributed by atoms with Crippen LogP contribution in [-0.4, -0.2) is 37.6 Å². The van der Waals surface area contributed by atoms with E-state index in [4.69, 9.17) is 0 Å². The first-order chi connectivity index (χ1) is 11.0. The van der Waals surface area contributed by atoms with E-state index in [9.17, 15) is 17.6 Å². The number of halogens is 1. The molecule has 1 saturated heterocycles. The minimum atomic E-state index is -3.53. The standard InChI is InChI=1S/C16H14FNO3S2/c17-12-3-6-14(7-4-12)23(20,21)15-10-18(11-15)16(19)8-5-13-2-1-9-22-13/h1-9,15H,10-11H2. The molecule has 0 unspecified atom stereocenters. The van der Waals surface area contributed by atoms with Gasteiger partial charge in [-0.2, -0.15) is 0 Å². The van der Waals surface area contributed by atoms with Crippen molar-refractivity contribution in [2.45, 2.75) is 10.1 Å². The Labute approximate surface area is 137 Å². The summed E-state index contributed by atoms with van der Waals surface area (Å²) in [5.74, 6) is -0.683. The first-order valence-electron chi connectivity index (χ1n) is 6.97. The SMILES string of the molecule is O=C(C=Cc1cccs1)N1CC(S(=O)(=O)c2ccc(F)cc2)C1. The van der Waals surface area contributed by atoms with Crippen molar-refractivity contribution < 1.29 is 17.6 Å². The van der Waals surface area contributed by atoms with Crippen molar-refractivity contribution in [3.63, 3.8) is 0 Å². The maximum Gasteiger partial charge on any atom is 0.246 e. The third kappa shape index (κ3) is 3.35. The van der Waals surface area contributed by atoms with Crippen LogP contribution >= 0.6 is 11.3 Å². The van der Waals surface area contributed by atoms with E-state index in [1.165, 1.54) is 34.4 Å². The third-order valence-electron chi connectivity index (χ3n) is 3.67. The average molecular weight is 351 g/mol. The van der Waals surface area contributed by atoms with Crippen molar-refractivity contribution in [2.24, 2.45) is 0 Å². The summed E-state index contributed by atoms with van der Waals surface area (Å²) in [6.45, 7) is 0.320. The monoisotopic (exact) mass is 351 g/mol. The molecule has 0 aliphatic carbocycles. The molecule has 1 aromatic carbocycles. The Bertz CT molecular complexity index is 821. The van der Waals surface area contributed by atoms with Crippen LogP contribution in [0.3, 0.4) is 0 Å². The van der Waals surface area contributed by atoms with E-state index in [1.807, 2.05) is 17.5 Å². The number of amides is 1. The summed E-state index contributed by atoms with van der Waals surface area (Å²) in [7, 11) is -3.53. The molecule has 1 fully saturated rings. The smallest absolute Gasteiger partial charge is 0.246 e. The van der Waals surface area contributed by atoms with Gasteiger partial charge in [0, 0.05) is 24.0 Å². The minimum absolute atomic E-state index is 0.0881. The van der Waals surface area contributed by atoms with E-state index in [0.717, 1.165) is 17.0 Å². The molecule has 1 aliphatic heterocycles. The van der Waals surface area contributed by atoms with Crippen LogP contribution < -0.4 is 0 Å². The van der Waals surface area contributed by atoms with Gasteiger partial charge in [-0.05, 0) is 41.8 Å². The summed E-state index contributed by atoms with van der Waals surface area (Å²) in [5, 5.41) is 1.28. The van der Waals surface area contributed by atoms with Crippen LogP contribution in [0.25, 0.3) is 6.08 Å². The second-order valence-corrected chi connectivity index (χ2v) is 8.42. The lowest BCUT2D eigenvalue weighted by Gasteiger charge is -2.38. The number of likely N-dealkylation sites (tertiary alicyclic amines) is 1. The summed E-state index contributed by atoms with van der Waals surface area (Å²) < 4.78 is 37.6. The molecule has 1 aromatic heterocycles. The van der Waals surface area contributed by atoms with Crippen molar-refractivity contribution in [2.75, 3.05) is 13.1 Å². The number of carbonyl (C=O) groups is 1. The normalized spacial score (nSPS) is 15.8. The van der Waals surface area contributed by atoms with Gasteiger partial charge in [0.05, 0.1) is 4.90 Å². The molecule has 0 N–H and O–H groups in total. The molecule has 1 amide bonds. The maximum absolute atomic E-state index is 12.9. The predicted molar refractivity (Wildman–Crippen MR) is 87.3 cm³/mol. The molecule has 0 spiro atoms. The van der Waals surface area contributed by atoms with Gasteiger partial charge >= 0.3 is 0 Å². The Morgan fingerprint density at radius 1 is 1.22 bits per heavy atom. The highest BCUT2D eigenvalue weighted by molar-refractivity contribution is 7.92. The fourth-order valence-corrected chi connectivity index (χ4v) is 4.55. The van der Waals surface area contributed by atoms with Gasteiger partial charge < -0.3 is 4.90 Å². The van der Waals surface area contributed by atoms with Crippen LogP contribution in [0.15, 0.2) is 52.7 Å². The molecule has 1 aliphatic rings. The predicted octanol–water partition coefficient (Wildman–Crippen LogP) is 2.59. The van der Waals surface area contributed by atoms with E-state index in [2.05, 4.69) is 0 Å². The molecule has 0 saturated carbocycles. The van der Waals surface area contributed by atoms with Gasteiger partial charge in [0.25, 0.3) is 0 Å². The number of rotatable bonds is 4. The van der Waals surface area contributed by atoms with Crippen molar-refractivity contribution in [1.82, 2.24) is 4.90 Å². The van der Waals surface area contributed by atoms with E-state index >= 15 is 0 Å². The van der Waals surface area contributed by atoms with Crippen molar-refractivity contribution >= 4 is 33.2 Å². The van der Waals surface area contributed by atoms with Crippen molar-refractivity contribution in [3.8, 4) is 0 Å². The second kappa shape index (κ2) is 6.25. The lowest BCUT2D eigenvalue weighted by molar-refractivity contribution is -0.128. The Kier molecular flexibility index (Phi) is 4.32. The highest BCUT2D eigenvalue weighted by Crippen LogP contribution is 2.24. The van der Waals surface area contributed by atoms with Crippen LogP contribution in [0.2, 0.25) is 0 Å². The summed E-state index contributed by atoms with van der Waals surface area (Å²) in [6.07, 6.45) is 3.17. The fraction of sp³-hybridized carbons (Fsp3) is 0.188. The molecule has 2 aromatic rings. The molecular formula is C16H14FNO3S2. The summed E-state index contributed by atoms with van der Waals surface area (Å²) in [6, 6.07) is 8.55. The van der Waals surface area contributed by atoms with Gasteiger partial charge in [-0.25, -0.2) is 12.8 Å². The zero-order valence-corrected chi connectivity index (χ0v) is 13.7. The van der Waals surface area contributed by atoms with Crippen LogP contribution in [0, 0.1) is 5.82 Å². The van der Waals surface area contributed by atoms with Crippen molar-refractivity contribution in [3.05, 3.63) is 58.5 Å². The summed E-state index contributed by atoms with van der Waals surface area (Å²) in [4.78, 5) is 14.5. The number of hydrogen-bond donors (Lipinski definition) is 0. The van der Waals surface area contributed by atoms with Gasteiger partial charge in [-0.1, -0.05) is 6.07 Å². The van der Waals surface area contributed by atoms with Crippen LogP contribution in [-0.2, 0) is 14.6 Å². The van der Waals surface area contributed by atoms with Gasteiger partial charge in [0.15, 0.2) is 9.84 Å². The summed E-state index contributed by atoms with van der Waals surface area (Å²) in [5.41, 5.74) is 0. The van der Waals surface area contributed by atoms with Crippen LogP contribution in [0.5, 0.6) is 0 Å². The first-order valence-corrected chi connectivity index (χ1v) is 9.39. The Morgan fingerprint density at radius 2 is 1.91 bits per heavy atom. The number of carbonyl (C=O) groups excluding carboxylic acids is 1. The lowest BCUT2D eigenvalue weighted by Crippen LogP contribution is -2.56. The minimum Gasteiger partial charge on any atom is -0.336 e. The highest BCUT2D eigenvalue weighted by atomic mass is 32.2. The molecule has 120 valence electrons. The van der Waals surface area contributed by atoms with Crippen LogP contribution in [0.1, 0.15) is 4.88 Å². The highest BCUT2D eigenvalue weighted by Gasteiger charge is 2.39. The molecule has 7 heteroatoms. The number of sulfone groups is 1. The average Bonchev–Trinajstić information content (AvgIpc) is 2.97. The Hall–Kier alpha value is -1.99. The molecule has 2 heterocycles. The topological polar surface area (TPSA) is 54.5 Å².